The van der Waals surface area contributed by atoms with Gasteiger partial charge in [-0.3, -0.25) is 14.2 Å². The molecule has 0 aliphatic carbocycles. The maximum atomic E-state index is 12.6. The summed E-state index contributed by atoms with van der Waals surface area (Å²) in [5.74, 6) is -0.922. The van der Waals surface area contributed by atoms with E-state index in [1.807, 2.05) is 34.1 Å². The molecule has 0 spiro atoms. The summed E-state index contributed by atoms with van der Waals surface area (Å²) in [7, 11) is 1.11. The fourth-order valence-electron chi connectivity index (χ4n) is 5.10. The largest absolute Gasteiger partial charge is 0.756 e. The van der Waals surface area contributed by atoms with Crippen LogP contribution < -0.4 is 4.89 Å². The number of carbonyl (C=O) groups is 2. The van der Waals surface area contributed by atoms with E-state index in [0.29, 0.717) is 23.9 Å². The third-order valence-electron chi connectivity index (χ3n) is 8.52. The van der Waals surface area contributed by atoms with Gasteiger partial charge in [-0.05, 0) is 57.8 Å². The third kappa shape index (κ3) is 38.0. The first-order chi connectivity index (χ1) is 25.4. The molecule has 0 saturated heterocycles. The first-order valence-corrected chi connectivity index (χ1v) is 21.9. The van der Waals surface area contributed by atoms with E-state index < -0.39 is 32.5 Å². The molecule has 0 aliphatic heterocycles. The highest BCUT2D eigenvalue weighted by Crippen LogP contribution is 2.38. The highest BCUT2D eigenvalue weighted by atomic mass is 31.2. The molecule has 0 saturated carbocycles. The summed E-state index contributed by atoms with van der Waals surface area (Å²) in [6, 6.07) is 0. The maximum absolute atomic E-state index is 12.6. The van der Waals surface area contributed by atoms with Crippen molar-refractivity contribution < 1.29 is 47.2 Å². The number of phosphoric ester groups is 1. The van der Waals surface area contributed by atoms with Gasteiger partial charge in [0.05, 0.1) is 33.9 Å². The van der Waals surface area contributed by atoms with E-state index in [4.69, 9.17) is 18.5 Å². The number of rotatable bonds is 36. The van der Waals surface area contributed by atoms with Crippen LogP contribution in [0.4, 0.5) is 0 Å². The van der Waals surface area contributed by atoms with Gasteiger partial charge in [0.15, 0.2) is 6.10 Å². The summed E-state index contributed by atoms with van der Waals surface area (Å²) in [6.45, 7) is 3.84. The minimum atomic E-state index is -4.64. The Morgan fingerprint density at radius 2 is 1.19 bits per heavy atom. The summed E-state index contributed by atoms with van der Waals surface area (Å²) < 4.78 is 33.7. The molecule has 0 radical (unpaired) electrons. The van der Waals surface area contributed by atoms with Crippen molar-refractivity contribution in [3.05, 3.63) is 48.6 Å². The number of quaternary nitrogens is 1. The molecule has 1 N–H and O–H groups in total. The lowest BCUT2D eigenvalue weighted by Gasteiger charge is -2.28. The summed E-state index contributed by atoms with van der Waals surface area (Å²) in [4.78, 5) is 37.3. The molecule has 11 heteroatoms. The topological polar surface area (TPSA) is 131 Å². The molecular weight excluding hydrogens is 693 g/mol. The Bertz CT molecular complexity index is 1070. The number of hydrogen-bond donors (Lipinski definition) is 1. The standard InChI is InChI=1S/C42H76NO9P/c1-6-8-9-10-11-12-17-22-25-28-31-34-42(46)52-40(38-51-53(47,48)50-36-35-43(3,4)5)37-49-41(45)33-30-27-24-21-19-16-14-13-15-18-20-23-26-29-32-39(44)7-2/h14-16,18,21,23-24,26,39-40,44H,6-13,17,19-20,22,25,27-38H2,1-5H3/b16-14-,18-15-,24-21-,26-23-/t39-,40+/m0/s1. The molecule has 0 amide bonds. The molecular formula is C42H76NO9P. The molecule has 0 bridgehead atoms. The Morgan fingerprint density at radius 3 is 1.74 bits per heavy atom. The van der Waals surface area contributed by atoms with Gasteiger partial charge in [-0.25, -0.2) is 0 Å². The van der Waals surface area contributed by atoms with Gasteiger partial charge in [0, 0.05) is 12.8 Å². The average molecular weight is 770 g/mol. The number of likely N-dealkylation sites (N-methyl/N-ethyl adjacent to an activating group) is 1. The van der Waals surface area contributed by atoms with Crippen LogP contribution in [-0.2, 0) is 32.7 Å². The number of allylic oxidation sites excluding steroid dienone is 8. The van der Waals surface area contributed by atoms with Crippen LogP contribution in [0.5, 0.6) is 0 Å². The number of hydrogen-bond acceptors (Lipinski definition) is 9. The fraction of sp³-hybridized carbons (Fsp3) is 0.762. The molecule has 308 valence electrons. The number of carbonyl (C=O) groups excluding carboxylic acids is 2. The van der Waals surface area contributed by atoms with E-state index in [0.717, 1.165) is 64.2 Å². The van der Waals surface area contributed by atoms with Gasteiger partial charge in [0.2, 0.25) is 0 Å². The van der Waals surface area contributed by atoms with Crippen LogP contribution in [0.15, 0.2) is 48.6 Å². The lowest BCUT2D eigenvalue weighted by molar-refractivity contribution is -0.870. The van der Waals surface area contributed by atoms with Crippen LogP contribution in [0, 0.1) is 0 Å². The van der Waals surface area contributed by atoms with Crippen LogP contribution in [-0.4, -0.2) is 81.2 Å². The molecule has 0 aliphatic rings. The van der Waals surface area contributed by atoms with E-state index in [9.17, 15) is 24.2 Å². The minimum absolute atomic E-state index is 0.0456. The van der Waals surface area contributed by atoms with Crippen LogP contribution in [0.2, 0.25) is 0 Å². The van der Waals surface area contributed by atoms with Gasteiger partial charge >= 0.3 is 11.9 Å². The number of aliphatic hydroxyl groups excluding tert-OH is 1. The minimum Gasteiger partial charge on any atom is -0.756 e. The van der Waals surface area contributed by atoms with Gasteiger partial charge in [-0.2, -0.15) is 0 Å². The lowest BCUT2D eigenvalue weighted by atomic mass is 10.1. The number of unbranched alkanes of at least 4 members (excludes halogenated alkanes) is 11. The van der Waals surface area contributed by atoms with E-state index in [1.165, 1.54) is 44.9 Å². The molecule has 10 nitrogen and oxygen atoms in total. The first-order valence-electron chi connectivity index (χ1n) is 20.4. The van der Waals surface area contributed by atoms with Crippen molar-refractivity contribution >= 4 is 19.8 Å². The van der Waals surface area contributed by atoms with Gasteiger partial charge < -0.3 is 33.0 Å². The molecule has 3 atom stereocenters. The van der Waals surface area contributed by atoms with Gasteiger partial charge in [0.1, 0.15) is 19.8 Å². The predicted molar refractivity (Wildman–Crippen MR) is 214 cm³/mol. The zero-order chi connectivity index (χ0) is 39.5. The molecule has 0 heterocycles. The monoisotopic (exact) mass is 770 g/mol. The maximum Gasteiger partial charge on any atom is 0.306 e. The van der Waals surface area contributed by atoms with Crippen molar-refractivity contribution in [1.29, 1.82) is 0 Å². The Balaban J connectivity index is 4.49. The van der Waals surface area contributed by atoms with Gasteiger partial charge in [-0.1, -0.05) is 127 Å². The van der Waals surface area contributed by atoms with Crippen LogP contribution in [0.3, 0.4) is 0 Å². The quantitative estimate of drug-likeness (QED) is 0.0218. The number of ether oxygens (including phenoxy) is 2. The molecule has 0 aromatic rings. The molecule has 1 unspecified atom stereocenters. The van der Waals surface area contributed by atoms with Crippen molar-refractivity contribution in [2.45, 2.75) is 161 Å². The SMILES string of the molecule is CCCCCCCCCCCCCC(=O)O[C@H](COC(=O)CCC/C=C\C/C=C\C/C=C\C/C=C\CC[C@@H](O)CC)COP(=O)([O-])OCC[N+](C)(C)C. The van der Waals surface area contributed by atoms with Crippen LogP contribution in [0.25, 0.3) is 0 Å². The highest BCUT2D eigenvalue weighted by molar-refractivity contribution is 7.45. The smallest absolute Gasteiger partial charge is 0.306 e. The van der Waals surface area contributed by atoms with Gasteiger partial charge in [0.25, 0.3) is 7.82 Å². The average Bonchev–Trinajstić information content (AvgIpc) is 3.10. The van der Waals surface area contributed by atoms with E-state index in [-0.39, 0.29) is 32.2 Å². The summed E-state index contributed by atoms with van der Waals surface area (Å²) >= 11 is 0. The van der Waals surface area contributed by atoms with E-state index >= 15 is 0 Å². The summed E-state index contributed by atoms with van der Waals surface area (Å²) in [5, 5.41) is 9.55. The third-order valence-corrected chi connectivity index (χ3v) is 9.48. The molecule has 0 aromatic heterocycles. The van der Waals surface area contributed by atoms with E-state index in [2.05, 4.69) is 49.5 Å². The Labute approximate surface area is 323 Å². The number of nitrogens with zero attached hydrogens (tertiary/aromatic N) is 1. The summed E-state index contributed by atoms with van der Waals surface area (Å²) in [6.07, 6.45) is 35.2. The second-order valence-electron chi connectivity index (χ2n) is 14.8. The number of phosphoric acid groups is 1. The highest BCUT2D eigenvalue weighted by Gasteiger charge is 2.21. The Hall–Kier alpha value is -2.07. The summed E-state index contributed by atoms with van der Waals surface area (Å²) in [5.41, 5.74) is 0. The zero-order valence-electron chi connectivity index (χ0n) is 34.1. The second-order valence-corrected chi connectivity index (χ2v) is 16.2. The fourth-order valence-corrected chi connectivity index (χ4v) is 5.83. The van der Waals surface area contributed by atoms with Crippen molar-refractivity contribution in [3.8, 4) is 0 Å². The molecule has 53 heavy (non-hydrogen) atoms. The predicted octanol–water partition coefficient (Wildman–Crippen LogP) is 9.47. The molecule has 0 rings (SSSR count). The van der Waals surface area contributed by atoms with Crippen molar-refractivity contribution in [2.75, 3.05) is 47.5 Å². The zero-order valence-corrected chi connectivity index (χ0v) is 35.0. The van der Waals surface area contributed by atoms with Crippen LogP contribution >= 0.6 is 7.82 Å². The van der Waals surface area contributed by atoms with Crippen molar-refractivity contribution in [2.24, 2.45) is 0 Å². The molecule has 0 aromatic carbocycles. The van der Waals surface area contributed by atoms with Crippen molar-refractivity contribution in [3.63, 3.8) is 0 Å². The van der Waals surface area contributed by atoms with Gasteiger partial charge in [-0.15, -0.1) is 0 Å². The number of esters is 2. The molecule has 0 fully saturated rings. The first kappa shape index (κ1) is 50.9. The number of aliphatic hydroxyl groups is 1. The normalized spacial score (nSPS) is 14.8. The van der Waals surface area contributed by atoms with Crippen LogP contribution in [0.1, 0.15) is 149 Å². The Kier molecular flexibility index (Phi) is 33.1. The second kappa shape index (κ2) is 34.4. The van der Waals surface area contributed by atoms with Crippen molar-refractivity contribution in [1.82, 2.24) is 0 Å². The lowest BCUT2D eigenvalue weighted by Crippen LogP contribution is -2.37. The Morgan fingerprint density at radius 1 is 0.679 bits per heavy atom. The van der Waals surface area contributed by atoms with E-state index in [1.54, 1.807) is 0 Å².